The number of fused-ring (bicyclic) bond motifs is 3. The Morgan fingerprint density at radius 1 is 1.10 bits per heavy atom. The van der Waals surface area contributed by atoms with E-state index in [0.29, 0.717) is 11.1 Å². The molecule has 0 radical (unpaired) electrons. The molecule has 1 aromatic heterocycles. The van der Waals surface area contributed by atoms with Crippen LogP contribution >= 0.6 is 0 Å². The van der Waals surface area contributed by atoms with E-state index in [1.807, 2.05) is 30.3 Å². The first-order valence-electron chi connectivity index (χ1n) is 6.43. The van der Waals surface area contributed by atoms with Crippen LogP contribution in [0.1, 0.15) is 11.5 Å². The van der Waals surface area contributed by atoms with Crippen molar-refractivity contribution in [3.63, 3.8) is 0 Å². The number of hydrogen-bond acceptors (Lipinski definition) is 3. The van der Waals surface area contributed by atoms with Crippen molar-refractivity contribution in [3.8, 4) is 0 Å². The summed E-state index contributed by atoms with van der Waals surface area (Å²) in [6.07, 6.45) is 0. The average molecular weight is 283 g/mol. The molecule has 0 spiro atoms. The molecule has 1 heterocycles. The van der Waals surface area contributed by atoms with Crippen molar-refractivity contribution >= 4 is 33.7 Å². The van der Waals surface area contributed by atoms with Crippen LogP contribution in [0.3, 0.4) is 0 Å². The molecule has 1 unspecified atom stereocenters. The van der Waals surface area contributed by atoms with Crippen molar-refractivity contribution in [2.75, 3.05) is 7.11 Å². The van der Waals surface area contributed by atoms with Gasteiger partial charge in [0.2, 0.25) is 0 Å². The molecule has 5 nitrogen and oxygen atoms in total. The minimum Gasteiger partial charge on any atom is -0.480 e. The van der Waals surface area contributed by atoms with E-state index >= 15 is 0 Å². The van der Waals surface area contributed by atoms with Crippen molar-refractivity contribution in [2.45, 2.75) is 5.92 Å². The third kappa shape index (κ3) is 2.03. The lowest BCUT2D eigenvalue weighted by Crippen LogP contribution is -2.23. The number of para-hydroxylation sites is 2. The fraction of sp³-hybridized carbons (Fsp3) is 0.125. The third-order valence-electron chi connectivity index (χ3n) is 3.57. The molecule has 1 atom stereocenters. The number of rotatable bonds is 3. The predicted octanol–water partition coefficient (Wildman–Crippen LogP) is 2.66. The number of nitrogens with one attached hydrogen (secondary N) is 1. The zero-order valence-corrected chi connectivity index (χ0v) is 11.3. The molecule has 0 amide bonds. The van der Waals surface area contributed by atoms with Gasteiger partial charge in [-0.15, -0.1) is 0 Å². The van der Waals surface area contributed by atoms with Gasteiger partial charge < -0.3 is 14.8 Å². The molecule has 106 valence electrons. The number of esters is 1. The second-order valence-corrected chi connectivity index (χ2v) is 4.73. The largest absolute Gasteiger partial charge is 0.480 e. The van der Waals surface area contributed by atoms with Crippen LogP contribution in [-0.4, -0.2) is 29.1 Å². The van der Waals surface area contributed by atoms with Gasteiger partial charge in [-0.25, -0.2) is 0 Å². The quantitative estimate of drug-likeness (QED) is 0.572. The van der Waals surface area contributed by atoms with E-state index in [0.717, 1.165) is 16.3 Å². The van der Waals surface area contributed by atoms with Gasteiger partial charge in [0.15, 0.2) is 5.92 Å². The number of methoxy groups -OCH3 is 1. The molecule has 5 heteroatoms. The topological polar surface area (TPSA) is 79.4 Å². The molecule has 0 bridgehead atoms. The minimum atomic E-state index is -1.34. The van der Waals surface area contributed by atoms with Crippen LogP contribution in [0.4, 0.5) is 0 Å². The second-order valence-electron chi connectivity index (χ2n) is 4.73. The predicted molar refractivity (Wildman–Crippen MR) is 78.2 cm³/mol. The zero-order valence-electron chi connectivity index (χ0n) is 11.3. The highest BCUT2D eigenvalue weighted by Gasteiger charge is 2.31. The first-order valence-corrected chi connectivity index (χ1v) is 6.43. The molecule has 0 saturated carbocycles. The van der Waals surface area contributed by atoms with Crippen LogP contribution in [0.5, 0.6) is 0 Å². The van der Waals surface area contributed by atoms with Gasteiger partial charge >= 0.3 is 11.9 Å². The maximum Gasteiger partial charge on any atom is 0.324 e. The van der Waals surface area contributed by atoms with Gasteiger partial charge in [-0.1, -0.05) is 36.4 Å². The zero-order chi connectivity index (χ0) is 15.0. The molecule has 0 fully saturated rings. The number of carboxylic acid groups (broad SMARTS) is 1. The molecule has 2 aromatic carbocycles. The van der Waals surface area contributed by atoms with E-state index in [1.165, 1.54) is 7.11 Å². The van der Waals surface area contributed by atoms with Gasteiger partial charge in [-0.3, -0.25) is 9.59 Å². The first-order chi connectivity index (χ1) is 10.1. The van der Waals surface area contributed by atoms with E-state index in [-0.39, 0.29) is 0 Å². The summed E-state index contributed by atoms with van der Waals surface area (Å²) in [6.45, 7) is 0. The number of carboxylic acids is 1. The molecule has 21 heavy (non-hydrogen) atoms. The summed E-state index contributed by atoms with van der Waals surface area (Å²) in [5, 5.41) is 11.2. The Bertz CT molecular complexity index is 850. The normalized spacial score (nSPS) is 12.4. The van der Waals surface area contributed by atoms with Crippen molar-refractivity contribution in [3.05, 3.63) is 48.0 Å². The van der Waals surface area contributed by atoms with Crippen molar-refractivity contribution in [1.82, 2.24) is 4.98 Å². The minimum absolute atomic E-state index is 0.406. The summed E-state index contributed by atoms with van der Waals surface area (Å²) < 4.78 is 4.62. The SMILES string of the molecule is COC(=O)C(C(=O)O)c1cccc2c1[nH]c1ccccc12. The van der Waals surface area contributed by atoms with Crippen LogP contribution in [-0.2, 0) is 14.3 Å². The second kappa shape index (κ2) is 4.94. The van der Waals surface area contributed by atoms with E-state index < -0.39 is 17.9 Å². The van der Waals surface area contributed by atoms with Crippen molar-refractivity contribution in [1.29, 1.82) is 0 Å². The lowest BCUT2D eigenvalue weighted by molar-refractivity contribution is -0.152. The van der Waals surface area contributed by atoms with E-state index in [4.69, 9.17) is 0 Å². The maximum absolute atomic E-state index is 11.8. The third-order valence-corrected chi connectivity index (χ3v) is 3.57. The number of aromatic nitrogens is 1. The van der Waals surface area contributed by atoms with Crippen molar-refractivity contribution < 1.29 is 19.4 Å². The Morgan fingerprint density at radius 3 is 2.52 bits per heavy atom. The number of carbonyl (C=O) groups excluding carboxylic acids is 1. The van der Waals surface area contributed by atoms with Crippen LogP contribution in [0.2, 0.25) is 0 Å². The highest BCUT2D eigenvalue weighted by molar-refractivity contribution is 6.11. The number of aliphatic carboxylic acids is 1. The van der Waals surface area contributed by atoms with Crippen molar-refractivity contribution in [2.24, 2.45) is 0 Å². The molecular weight excluding hydrogens is 270 g/mol. The van der Waals surface area contributed by atoms with Gasteiger partial charge in [-0.05, 0) is 6.07 Å². The Hall–Kier alpha value is -2.82. The summed E-state index contributed by atoms with van der Waals surface area (Å²) >= 11 is 0. The highest BCUT2D eigenvalue weighted by atomic mass is 16.5. The molecule has 0 aliphatic rings. The van der Waals surface area contributed by atoms with Gasteiger partial charge in [0.1, 0.15) is 0 Å². The molecular formula is C16H13NO4. The summed E-state index contributed by atoms with van der Waals surface area (Å²) in [4.78, 5) is 26.4. The number of ether oxygens (including phenoxy) is 1. The standard InChI is InChI=1S/C16H13NO4/c1-21-16(20)13(15(18)19)11-7-4-6-10-9-5-2-3-8-12(9)17-14(10)11/h2-8,13,17H,1H3,(H,18,19). The first kappa shape index (κ1) is 13.2. The van der Waals surface area contributed by atoms with Crippen LogP contribution in [0, 0.1) is 0 Å². The number of aromatic amines is 1. The van der Waals surface area contributed by atoms with E-state index in [2.05, 4.69) is 9.72 Å². The Labute approximate surface area is 120 Å². The smallest absolute Gasteiger partial charge is 0.324 e. The Balaban J connectivity index is 2.32. The average Bonchev–Trinajstić information content (AvgIpc) is 2.86. The van der Waals surface area contributed by atoms with Gasteiger partial charge in [0.05, 0.1) is 12.6 Å². The summed E-state index contributed by atoms with van der Waals surface area (Å²) in [6, 6.07) is 12.9. The van der Waals surface area contributed by atoms with E-state index in [9.17, 15) is 14.7 Å². The van der Waals surface area contributed by atoms with Gasteiger partial charge in [-0.2, -0.15) is 0 Å². The molecule has 3 aromatic rings. The lowest BCUT2D eigenvalue weighted by Gasteiger charge is -2.11. The van der Waals surface area contributed by atoms with Crippen LogP contribution in [0.15, 0.2) is 42.5 Å². The molecule has 2 N–H and O–H groups in total. The van der Waals surface area contributed by atoms with Crippen LogP contribution in [0.25, 0.3) is 21.8 Å². The van der Waals surface area contributed by atoms with E-state index in [1.54, 1.807) is 12.1 Å². The molecule has 0 aliphatic carbocycles. The molecule has 3 rings (SSSR count). The fourth-order valence-electron chi connectivity index (χ4n) is 2.62. The fourth-order valence-corrected chi connectivity index (χ4v) is 2.62. The van der Waals surface area contributed by atoms with Gasteiger partial charge in [0.25, 0.3) is 0 Å². The number of carbonyl (C=O) groups is 2. The Kier molecular flexibility index (Phi) is 3.10. The summed E-state index contributed by atoms with van der Waals surface area (Å²) in [7, 11) is 1.18. The monoisotopic (exact) mass is 283 g/mol. The van der Waals surface area contributed by atoms with Gasteiger partial charge in [0, 0.05) is 21.9 Å². The Morgan fingerprint density at radius 2 is 1.81 bits per heavy atom. The summed E-state index contributed by atoms with van der Waals surface area (Å²) in [5.74, 6) is -3.35. The molecule has 0 aliphatic heterocycles. The summed E-state index contributed by atoms with van der Waals surface area (Å²) in [5.41, 5.74) is 1.95. The number of H-pyrrole nitrogens is 1. The van der Waals surface area contributed by atoms with Crippen LogP contribution < -0.4 is 0 Å². The lowest BCUT2D eigenvalue weighted by atomic mass is 9.96. The highest BCUT2D eigenvalue weighted by Crippen LogP contribution is 2.31. The molecule has 0 saturated heterocycles. The number of hydrogen-bond donors (Lipinski definition) is 2. The maximum atomic E-state index is 11.8. The number of benzene rings is 2.